The molecule has 0 bridgehead atoms. The molecule has 0 atom stereocenters. The van der Waals surface area contributed by atoms with Gasteiger partial charge in [-0.15, -0.1) is 0 Å². The Labute approximate surface area is 183 Å². The van der Waals surface area contributed by atoms with Gasteiger partial charge in [-0.05, 0) is 49.2 Å². The van der Waals surface area contributed by atoms with E-state index < -0.39 is 18.2 Å². The second-order valence-corrected chi connectivity index (χ2v) is 7.45. The van der Waals surface area contributed by atoms with Gasteiger partial charge in [-0.2, -0.15) is 0 Å². The maximum absolute atomic E-state index is 12.8. The van der Waals surface area contributed by atoms with Gasteiger partial charge in [0.25, 0.3) is 6.43 Å². The minimum Gasteiger partial charge on any atom is -0.478 e. The Morgan fingerprint density at radius 1 is 1.09 bits per heavy atom. The highest BCUT2D eigenvalue weighted by Crippen LogP contribution is 2.29. The van der Waals surface area contributed by atoms with Crippen LogP contribution in [0.5, 0.6) is 0 Å². The van der Waals surface area contributed by atoms with Crippen LogP contribution in [0.2, 0.25) is 0 Å². The van der Waals surface area contributed by atoms with Gasteiger partial charge in [0, 0.05) is 46.8 Å². The van der Waals surface area contributed by atoms with Gasteiger partial charge in [0.1, 0.15) is 0 Å². The first-order valence-corrected chi connectivity index (χ1v) is 9.91. The molecular formula is C24H20F2N4O2. The van der Waals surface area contributed by atoms with Gasteiger partial charge in [-0.25, -0.2) is 23.5 Å². The molecule has 0 aliphatic carbocycles. The second kappa shape index (κ2) is 8.66. The molecular weight excluding hydrogens is 414 g/mol. The van der Waals surface area contributed by atoms with Crippen molar-refractivity contribution in [3.8, 4) is 11.1 Å². The van der Waals surface area contributed by atoms with E-state index in [1.165, 1.54) is 12.4 Å². The molecule has 162 valence electrons. The van der Waals surface area contributed by atoms with Crippen molar-refractivity contribution in [3.05, 3.63) is 83.1 Å². The third-order valence-electron chi connectivity index (χ3n) is 5.16. The number of hydrogen-bond donors (Lipinski definition) is 2. The maximum atomic E-state index is 12.8. The summed E-state index contributed by atoms with van der Waals surface area (Å²) in [6.45, 7) is 4.20. The van der Waals surface area contributed by atoms with Crippen LogP contribution in [0.3, 0.4) is 0 Å². The van der Waals surface area contributed by atoms with Crippen LogP contribution in [0.1, 0.15) is 39.4 Å². The predicted octanol–water partition coefficient (Wildman–Crippen LogP) is 5.56. The van der Waals surface area contributed by atoms with Crippen LogP contribution in [0, 0.1) is 13.8 Å². The second-order valence-electron chi connectivity index (χ2n) is 7.45. The van der Waals surface area contributed by atoms with Gasteiger partial charge in [-0.3, -0.25) is 4.98 Å². The number of nitrogens with zero attached hydrogens (tertiary/aromatic N) is 3. The average Bonchev–Trinajstić information content (AvgIpc) is 2.77. The number of benzene rings is 2. The smallest absolute Gasteiger partial charge is 0.337 e. The summed E-state index contributed by atoms with van der Waals surface area (Å²) in [6.07, 6.45) is 0.0215. The van der Waals surface area contributed by atoms with Gasteiger partial charge in [0.05, 0.1) is 11.1 Å². The SMILES string of the molecule is Cc1cc(CNc2ccccc2C(=O)O)c2cc(-c3cnc(C(F)F)nc3)c(C)nc2c1. The van der Waals surface area contributed by atoms with Gasteiger partial charge in [0.2, 0.25) is 0 Å². The quantitative estimate of drug-likeness (QED) is 0.413. The predicted molar refractivity (Wildman–Crippen MR) is 118 cm³/mol. The zero-order chi connectivity index (χ0) is 22.8. The molecule has 6 nitrogen and oxygen atoms in total. The Balaban J connectivity index is 1.75. The molecule has 0 saturated heterocycles. The molecule has 0 aliphatic rings. The molecule has 0 fully saturated rings. The largest absolute Gasteiger partial charge is 0.478 e. The summed E-state index contributed by atoms with van der Waals surface area (Å²) in [4.78, 5) is 23.7. The van der Waals surface area contributed by atoms with E-state index in [1.54, 1.807) is 24.3 Å². The summed E-state index contributed by atoms with van der Waals surface area (Å²) in [5.74, 6) is -1.52. The topological polar surface area (TPSA) is 88.0 Å². The number of carbonyl (C=O) groups is 1. The number of halogens is 2. The standard InChI is InChI=1S/C24H20F2N4O2/c1-13-7-15(10-27-20-6-4-3-5-17(20)24(31)32)19-9-18(14(2)30-21(19)8-13)16-11-28-23(22(25)26)29-12-16/h3-9,11-12,22,27H,10H2,1-2H3,(H,31,32). The fourth-order valence-electron chi connectivity index (χ4n) is 3.64. The van der Waals surface area contributed by atoms with E-state index in [0.717, 1.165) is 33.3 Å². The monoisotopic (exact) mass is 434 g/mol. The lowest BCUT2D eigenvalue weighted by atomic mass is 9.99. The number of para-hydroxylation sites is 1. The zero-order valence-corrected chi connectivity index (χ0v) is 17.4. The molecule has 0 saturated carbocycles. The molecule has 2 heterocycles. The van der Waals surface area contributed by atoms with Crippen molar-refractivity contribution in [2.45, 2.75) is 26.8 Å². The van der Waals surface area contributed by atoms with Crippen molar-refractivity contribution >= 4 is 22.6 Å². The Kier molecular flexibility index (Phi) is 5.77. The number of aromatic nitrogens is 3. The fourth-order valence-corrected chi connectivity index (χ4v) is 3.64. The minimum atomic E-state index is -2.73. The highest BCUT2D eigenvalue weighted by molar-refractivity contribution is 5.94. The molecule has 8 heteroatoms. The summed E-state index contributed by atoms with van der Waals surface area (Å²) >= 11 is 0. The zero-order valence-electron chi connectivity index (χ0n) is 17.4. The van der Waals surface area contributed by atoms with Crippen LogP contribution in [-0.4, -0.2) is 26.0 Å². The van der Waals surface area contributed by atoms with Crippen molar-refractivity contribution in [2.24, 2.45) is 0 Å². The van der Waals surface area contributed by atoms with E-state index in [9.17, 15) is 18.7 Å². The molecule has 0 radical (unpaired) electrons. The summed E-state index contributed by atoms with van der Waals surface area (Å²) in [5.41, 5.74) is 5.52. The van der Waals surface area contributed by atoms with Crippen molar-refractivity contribution in [1.82, 2.24) is 15.0 Å². The Hall–Kier alpha value is -3.94. The van der Waals surface area contributed by atoms with E-state index in [4.69, 9.17) is 4.98 Å². The van der Waals surface area contributed by atoms with Crippen LogP contribution in [0.25, 0.3) is 22.0 Å². The number of rotatable bonds is 6. The normalized spacial score (nSPS) is 11.2. The number of fused-ring (bicyclic) bond motifs is 1. The van der Waals surface area contributed by atoms with E-state index in [0.29, 0.717) is 17.8 Å². The van der Waals surface area contributed by atoms with Crippen LogP contribution < -0.4 is 5.32 Å². The number of carboxylic acids is 1. The van der Waals surface area contributed by atoms with Crippen LogP contribution >= 0.6 is 0 Å². The van der Waals surface area contributed by atoms with Gasteiger partial charge >= 0.3 is 5.97 Å². The summed E-state index contributed by atoms with van der Waals surface area (Å²) in [7, 11) is 0. The fraction of sp³-hybridized carbons (Fsp3) is 0.167. The number of aromatic carboxylic acids is 1. The highest BCUT2D eigenvalue weighted by atomic mass is 19.3. The molecule has 2 aromatic carbocycles. The number of anilines is 1. The van der Waals surface area contributed by atoms with Crippen molar-refractivity contribution in [1.29, 1.82) is 0 Å². The maximum Gasteiger partial charge on any atom is 0.337 e. The number of nitrogens with one attached hydrogen (secondary N) is 1. The Bertz CT molecular complexity index is 1310. The Morgan fingerprint density at radius 2 is 1.81 bits per heavy atom. The molecule has 4 aromatic rings. The van der Waals surface area contributed by atoms with Crippen molar-refractivity contribution in [3.63, 3.8) is 0 Å². The lowest BCUT2D eigenvalue weighted by Crippen LogP contribution is -2.07. The van der Waals surface area contributed by atoms with E-state index in [2.05, 4.69) is 15.3 Å². The number of carboxylic acid groups (broad SMARTS) is 1. The van der Waals surface area contributed by atoms with Crippen molar-refractivity contribution < 1.29 is 18.7 Å². The van der Waals surface area contributed by atoms with E-state index >= 15 is 0 Å². The molecule has 0 aliphatic heterocycles. The van der Waals surface area contributed by atoms with E-state index in [1.807, 2.05) is 32.0 Å². The van der Waals surface area contributed by atoms with Crippen LogP contribution in [0.4, 0.5) is 14.5 Å². The third kappa shape index (κ3) is 4.25. The summed E-state index contributed by atoms with van der Waals surface area (Å²) in [5, 5.41) is 13.5. The summed E-state index contributed by atoms with van der Waals surface area (Å²) < 4.78 is 25.6. The summed E-state index contributed by atoms with van der Waals surface area (Å²) in [6, 6.07) is 12.6. The average molecular weight is 434 g/mol. The first kappa shape index (κ1) is 21.3. The number of alkyl halides is 2. The van der Waals surface area contributed by atoms with Gasteiger partial charge in [0.15, 0.2) is 5.82 Å². The van der Waals surface area contributed by atoms with Crippen LogP contribution in [0.15, 0.2) is 54.9 Å². The molecule has 0 amide bonds. The number of aryl methyl sites for hydroxylation is 2. The molecule has 0 unspecified atom stereocenters. The highest BCUT2D eigenvalue weighted by Gasteiger charge is 2.14. The number of hydrogen-bond acceptors (Lipinski definition) is 5. The lowest BCUT2D eigenvalue weighted by molar-refractivity contribution is 0.0698. The molecule has 0 spiro atoms. The molecule has 2 N–H and O–H groups in total. The van der Waals surface area contributed by atoms with Crippen LogP contribution in [-0.2, 0) is 6.54 Å². The molecule has 32 heavy (non-hydrogen) atoms. The molecule has 2 aromatic heterocycles. The third-order valence-corrected chi connectivity index (χ3v) is 5.16. The first-order valence-electron chi connectivity index (χ1n) is 9.91. The Morgan fingerprint density at radius 3 is 2.50 bits per heavy atom. The van der Waals surface area contributed by atoms with E-state index in [-0.39, 0.29) is 5.56 Å². The van der Waals surface area contributed by atoms with Crippen molar-refractivity contribution in [2.75, 3.05) is 5.32 Å². The first-order chi connectivity index (χ1) is 15.3. The van der Waals surface area contributed by atoms with Gasteiger partial charge in [-0.1, -0.05) is 18.2 Å². The minimum absolute atomic E-state index is 0.190. The van der Waals surface area contributed by atoms with Gasteiger partial charge < -0.3 is 10.4 Å². The lowest BCUT2D eigenvalue weighted by Gasteiger charge is -2.14. The number of pyridine rings is 1. The molecule has 4 rings (SSSR count).